The van der Waals surface area contributed by atoms with Crippen molar-refractivity contribution in [3.63, 3.8) is 0 Å². The molecule has 0 bridgehead atoms. The van der Waals surface area contributed by atoms with E-state index in [1.165, 1.54) is 23.3 Å². The van der Waals surface area contributed by atoms with E-state index in [2.05, 4.69) is 41.4 Å². The molecule has 2 aromatic carbocycles. The van der Waals surface area contributed by atoms with E-state index in [1.807, 2.05) is 13.8 Å². The Bertz CT molecular complexity index is 1160. The third-order valence-electron chi connectivity index (χ3n) is 6.47. The van der Waals surface area contributed by atoms with Gasteiger partial charge in [-0.25, -0.2) is 13.6 Å². The minimum atomic E-state index is -3.95. The van der Waals surface area contributed by atoms with Crippen molar-refractivity contribution in [2.75, 3.05) is 13.1 Å². The van der Waals surface area contributed by atoms with Crippen LogP contribution >= 0.6 is 0 Å². The maximum Gasteiger partial charge on any atom is 0.255 e. The molecule has 2 aliphatic rings. The number of primary sulfonamides is 1. The number of fused-ring (bicyclic) bond motifs is 2. The van der Waals surface area contributed by atoms with Crippen molar-refractivity contribution < 1.29 is 17.9 Å². The second-order valence-electron chi connectivity index (χ2n) is 9.70. The summed E-state index contributed by atoms with van der Waals surface area (Å²) in [5.41, 5.74) is 3.04. The Morgan fingerprint density at radius 3 is 2.64 bits per heavy atom. The summed E-state index contributed by atoms with van der Waals surface area (Å²) < 4.78 is 30.1. The van der Waals surface area contributed by atoms with Gasteiger partial charge in [0.1, 0.15) is 11.4 Å². The lowest BCUT2D eigenvalue weighted by Crippen LogP contribution is -2.47. The summed E-state index contributed by atoms with van der Waals surface area (Å²) in [6.45, 7) is 8.31. The van der Waals surface area contributed by atoms with Crippen LogP contribution in [-0.2, 0) is 29.4 Å². The highest BCUT2D eigenvalue weighted by Crippen LogP contribution is 2.39. The minimum absolute atomic E-state index is 0.0659. The van der Waals surface area contributed by atoms with E-state index in [0.717, 1.165) is 32.4 Å². The number of benzene rings is 2. The van der Waals surface area contributed by atoms with Gasteiger partial charge >= 0.3 is 0 Å². The minimum Gasteiger partial charge on any atom is -0.486 e. The molecule has 2 aliphatic heterocycles. The van der Waals surface area contributed by atoms with Crippen molar-refractivity contribution in [1.29, 1.82) is 0 Å². The van der Waals surface area contributed by atoms with Crippen LogP contribution in [0.4, 0.5) is 0 Å². The molecule has 33 heavy (non-hydrogen) atoms. The number of hydrogen-bond donors (Lipinski definition) is 2. The predicted octanol–water partition coefficient (Wildman–Crippen LogP) is 3.00. The normalized spacial score (nSPS) is 19.5. The Labute approximate surface area is 196 Å². The number of carbonyl (C=O) groups excluding carboxylic acids is 1. The Balaban J connectivity index is 1.56. The van der Waals surface area contributed by atoms with E-state index in [0.29, 0.717) is 24.3 Å². The first kappa shape index (κ1) is 23.7. The molecule has 3 N–H and O–H groups in total. The molecule has 0 fully saturated rings. The van der Waals surface area contributed by atoms with E-state index in [4.69, 9.17) is 9.88 Å². The van der Waals surface area contributed by atoms with Crippen LogP contribution in [-0.4, -0.2) is 44.0 Å². The van der Waals surface area contributed by atoms with E-state index in [9.17, 15) is 13.2 Å². The van der Waals surface area contributed by atoms with Crippen LogP contribution in [0.5, 0.6) is 5.75 Å². The van der Waals surface area contributed by atoms with Crippen LogP contribution in [0, 0.1) is 0 Å². The molecule has 178 valence electrons. The first-order valence-corrected chi connectivity index (χ1v) is 13.1. The number of rotatable bonds is 7. The number of sulfonamides is 1. The van der Waals surface area contributed by atoms with Crippen molar-refractivity contribution in [3.05, 3.63) is 58.7 Å². The second kappa shape index (κ2) is 9.08. The van der Waals surface area contributed by atoms with Crippen LogP contribution in [0.3, 0.4) is 0 Å². The lowest BCUT2D eigenvalue weighted by molar-refractivity contribution is 0.0911. The van der Waals surface area contributed by atoms with E-state index in [-0.39, 0.29) is 22.4 Å². The van der Waals surface area contributed by atoms with Crippen LogP contribution < -0.4 is 15.2 Å². The molecule has 2 heterocycles. The number of nitrogens with one attached hydrogen (secondary N) is 1. The van der Waals surface area contributed by atoms with Gasteiger partial charge in [-0.2, -0.15) is 0 Å². The van der Waals surface area contributed by atoms with Crippen molar-refractivity contribution in [2.45, 2.75) is 69.5 Å². The summed E-state index contributed by atoms with van der Waals surface area (Å²) in [7, 11) is -3.95. The third kappa shape index (κ3) is 5.23. The van der Waals surface area contributed by atoms with Crippen molar-refractivity contribution in [2.24, 2.45) is 5.14 Å². The number of nitrogens with two attached hydrogens (primary N) is 1. The van der Waals surface area contributed by atoms with Gasteiger partial charge in [0.2, 0.25) is 10.0 Å². The molecule has 0 radical (unpaired) electrons. The van der Waals surface area contributed by atoms with Gasteiger partial charge in [0, 0.05) is 31.1 Å². The van der Waals surface area contributed by atoms with Gasteiger partial charge in [-0.3, -0.25) is 9.69 Å². The summed E-state index contributed by atoms with van der Waals surface area (Å²) in [4.78, 5) is 15.6. The highest BCUT2D eigenvalue weighted by atomic mass is 32.2. The number of carbonyl (C=O) groups is 1. The second-order valence-corrected chi connectivity index (χ2v) is 11.3. The zero-order valence-electron chi connectivity index (χ0n) is 19.6. The third-order valence-corrected chi connectivity index (χ3v) is 7.36. The molecular formula is C25H33N3O4S. The molecule has 0 unspecified atom stereocenters. The molecule has 0 saturated heterocycles. The van der Waals surface area contributed by atoms with Crippen molar-refractivity contribution >= 4 is 15.9 Å². The molecule has 8 heteroatoms. The van der Waals surface area contributed by atoms with Gasteiger partial charge in [-0.05, 0) is 56.5 Å². The van der Waals surface area contributed by atoms with E-state index < -0.39 is 15.6 Å². The topological polar surface area (TPSA) is 102 Å². The maximum atomic E-state index is 13.3. The zero-order chi connectivity index (χ0) is 23.8. The average molecular weight is 472 g/mol. The summed E-state index contributed by atoms with van der Waals surface area (Å²) in [5.74, 6) is 0.102. The van der Waals surface area contributed by atoms with Crippen LogP contribution in [0.25, 0.3) is 0 Å². The Hall–Kier alpha value is -2.42. The highest BCUT2D eigenvalue weighted by Gasteiger charge is 2.35. The molecule has 7 nitrogen and oxygen atoms in total. The molecule has 0 saturated carbocycles. The lowest BCUT2D eigenvalue weighted by atomic mass is 9.93. The monoisotopic (exact) mass is 471 g/mol. The van der Waals surface area contributed by atoms with Crippen LogP contribution in [0.2, 0.25) is 0 Å². The molecule has 0 spiro atoms. The first-order valence-electron chi connectivity index (χ1n) is 11.5. The number of nitrogens with zero attached hydrogens (tertiary/aromatic N) is 1. The fourth-order valence-electron chi connectivity index (χ4n) is 4.79. The summed E-state index contributed by atoms with van der Waals surface area (Å²) in [6, 6.07) is 11.5. The predicted molar refractivity (Wildman–Crippen MR) is 128 cm³/mol. The van der Waals surface area contributed by atoms with Gasteiger partial charge < -0.3 is 10.1 Å². The van der Waals surface area contributed by atoms with Crippen molar-refractivity contribution in [3.8, 4) is 5.75 Å². The van der Waals surface area contributed by atoms with Gasteiger partial charge in [-0.15, -0.1) is 0 Å². The number of amides is 1. The quantitative estimate of drug-likeness (QED) is 0.646. The van der Waals surface area contributed by atoms with Gasteiger partial charge in [0.25, 0.3) is 5.91 Å². The fraction of sp³-hybridized carbons (Fsp3) is 0.480. The molecular weight excluding hydrogens is 438 g/mol. The largest absolute Gasteiger partial charge is 0.486 e. The summed E-state index contributed by atoms with van der Waals surface area (Å²) >= 11 is 0. The maximum absolute atomic E-state index is 13.3. The summed E-state index contributed by atoms with van der Waals surface area (Å²) in [5, 5.41) is 8.43. The Kier molecular flexibility index (Phi) is 6.53. The van der Waals surface area contributed by atoms with E-state index in [1.54, 1.807) is 0 Å². The first-order chi connectivity index (χ1) is 15.6. The summed E-state index contributed by atoms with van der Waals surface area (Å²) in [6.07, 6.45) is 3.57. The van der Waals surface area contributed by atoms with Crippen LogP contribution in [0.15, 0.2) is 41.3 Å². The van der Waals surface area contributed by atoms with Gasteiger partial charge in [0.05, 0.1) is 10.5 Å². The number of ether oxygens (including phenoxy) is 1. The average Bonchev–Trinajstić information content (AvgIpc) is 3.08. The standard InChI is InChI=1S/C25H33N3O4S/c1-4-5-10-28-16-18-9-7-6-8-17(18)11-20(28)15-27-24(29)22-13-21(33(26,30)31)12-19-14-25(2,3)32-23(19)22/h6-9,12-13,20H,4-5,10-11,14-16H2,1-3H3,(H,27,29)(H2,26,30,31)/t20-/m0/s1. The molecule has 0 aliphatic carbocycles. The lowest BCUT2D eigenvalue weighted by Gasteiger charge is -2.37. The highest BCUT2D eigenvalue weighted by molar-refractivity contribution is 7.89. The van der Waals surface area contributed by atoms with Gasteiger partial charge in [-0.1, -0.05) is 37.6 Å². The Morgan fingerprint density at radius 1 is 1.21 bits per heavy atom. The van der Waals surface area contributed by atoms with Crippen LogP contribution in [0.1, 0.15) is 60.7 Å². The fourth-order valence-corrected chi connectivity index (χ4v) is 5.38. The Morgan fingerprint density at radius 2 is 1.94 bits per heavy atom. The molecule has 1 atom stereocenters. The molecule has 0 aromatic heterocycles. The molecule has 2 aromatic rings. The molecule has 4 rings (SSSR count). The van der Waals surface area contributed by atoms with Gasteiger partial charge in [0.15, 0.2) is 0 Å². The smallest absolute Gasteiger partial charge is 0.255 e. The zero-order valence-corrected chi connectivity index (χ0v) is 20.4. The number of hydrogen-bond acceptors (Lipinski definition) is 5. The SMILES string of the molecule is CCCCN1Cc2ccccc2C[C@H]1CNC(=O)c1cc(S(N)(=O)=O)cc2c1OC(C)(C)C2. The van der Waals surface area contributed by atoms with Crippen molar-refractivity contribution in [1.82, 2.24) is 10.2 Å². The number of unbranched alkanes of at least 4 members (excludes halogenated alkanes) is 1. The molecule has 1 amide bonds. The van der Waals surface area contributed by atoms with E-state index >= 15 is 0 Å².